The minimum atomic E-state index is -0.992. The zero-order valence-electron chi connectivity index (χ0n) is 18.2. The first-order valence-corrected chi connectivity index (χ1v) is 11.0. The van der Waals surface area contributed by atoms with Crippen LogP contribution in [0.4, 0.5) is 0 Å². The first kappa shape index (κ1) is 21.6. The molecule has 0 aromatic heterocycles. The predicted octanol–water partition coefficient (Wildman–Crippen LogP) is 3.52. The SMILES string of the molecule is COc1ccc(COC(C)(CC#N)C(N)=NC2C3CC4CC2CC(C(=O)O)(C4)C3)cc1. The van der Waals surface area contributed by atoms with Crippen LogP contribution in [0, 0.1) is 34.5 Å². The van der Waals surface area contributed by atoms with E-state index in [9.17, 15) is 15.2 Å². The number of nitrogens with two attached hydrogens (primary N) is 1. The third kappa shape index (κ3) is 4.01. The van der Waals surface area contributed by atoms with Crippen molar-refractivity contribution in [2.45, 2.75) is 63.7 Å². The number of aliphatic carboxylic acids is 1. The Balaban J connectivity index is 1.50. The number of carboxylic acids is 1. The van der Waals surface area contributed by atoms with Crippen molar-refractivity contribution in [1.82, 2.24) is 0 Å². The Morgan fingerprint density at radius 2 is 1.94 bits per heavy atom. The summed E-state index contributed by atoms with van der Waals surface area (Å²) in [4.78, 5) is 16.9. The van der Waals surface area contributed by atoms with Crippen molar-refractivity contribution >= 4 is 11.8 Å². The summed E-state index contributed by atoms with van der Waals surface area (Å²) in [5.41, 5.74) is 5.85. The van der Waals surface area contributed by atoms with Gasteiger partial charge < -0.3 is 20.3 Å². The van der Waals surface area contributed by atoms with Crippen molar-refractivity contribution in [2.24, 2.45) is 33.9 Å². The number of rotatable bonds is 8. The van der Waals surface area contributed by atoms with Gasteiger partial charge in [-0.1, -0.05) is 12.1 Å². The van der Waals surface area contributed by atoms with Crippen LogP contribution >= 0.6 is 0 Å². The van der Waals surface area contributed by atoms with Crippen LogP contribution in [-0.4, -0.2) is 35.7 Å². The number of hydrogen-bond acceptors (Lipinski definition) is 5. The third-order valence-electron chi connectivity index (χ3n) is 7.64. The number of benzene rings is 1. The molecule has 4 aliphatic carbocycles. The Labute approximate surface area is 183 Å². The van der Waals surface area contributed by atoms with Gasteiger partial charge in [-0.3, -0.25) is 9.79 Å². The van der Waals surface area contributed by atoms with Gasteiger partial charge in [0, 0.05) is 0 Å². The van der Waals surface area contributed by atoms with E-state index in [1.54, 1.807) is 7.11 Å². The van der Waals surface area contributed by atoms with Gasteiger partial charge in [0.1, 0.15) is 17.2 Å². The number of nitrogens with zero attached hydrogens (tertiary/aromatic N) is 2. The summed E-state index contributed by atoms with van der Waals surface area (Å²) in [6.07, 6.45) is 4.31. The van der Waals surface area contributed by atoms with Gasteiger partial charge in [-0.2, -0.15) is 5.26 Å². The number of methoxy groups -OCH3 is 1. The highest BCUT2D eigenvalue weighted by atomic mass is 16.5. The van der Waals surface area contributed by atoms with Crippen LogP contribution in [0.5, 0.6) is 5.75 Å². The smallest absolute Gasteiger partial charge is 0.309 e. The second kappa shape index (κ2) is 8.16. The summed E-state index contributed by atoms with van der Waals surface area (Å²) < 4.78 is 11.3. The Bertz CT molecular complexity index is 890. The molecule has 4 bridgehead atoms. The lowest BCUT2D eigenvalue weighted by Crippen LogP contribution is -2.56. The summed E-state index contributed by atoms with van der Waals surface area (Å²) in [6, 6.07) is 9.77. The summed E-state index contributed by atoms with van der Waals surface area (Å²) >= 11 is 0. The van der Waals surface area contributed by atoms with Crippen molar-refractivity contribution < 1.29 is 19.4 Å². The highest BCUT2D eigenvalue weighted by Crippen LogP contribution is 2.61. The standard InChI is InChI=1S/C24H31N3O4/c1-23(7-8-25,31-14-15-3-5-19(30-2)6-4-15)21(26)27-20-17-9-16-10-18(20)13-24(11-16,12-17)22(28)29/h3-6,16-18,20H,7,9-14H2,1-2H3,(H2,26,27)(H,28,29). The maximum absolute atomic E-state index is 12.0. The highest BCUT2D eigenvalue weighted by Gasteiger charge is 2.59. The average Bonchev–Trinajstić information content (AvgIpc) is 2.74. The van der Waals surface area contributed by atoms with E-state index in [1.165, 1.54) is 0 Å². The lowest BCUT2D eigenvalue weighted by molar-refractivity contribution is -0.166. The van der Waals surface area contributed by atoms with Crippen LogP contribution in [0.1, 0.15) is 51.0 Å². The summed E-state index contributed by atoms with van der Waals surface area (Å²) in [5.74, 6) is 1.43. The number of hydrogen-bond donors (Lipinski definition) is 2. The highest BCUT2D eigenvalue weighted by molar-refractivity contribution is 5.89. The van der Waals surface area contributed by atoms with Crippen LogP contribution in [0.25, 0.3) is 0 Å². The molecule has 0 saturated heterocycles. The lowest BCUT2D eigenvalue weighted by atomic mass is 9.48. The molecule has 4 fully saturated rings. The molecule has 1 aromatic carbocycles. The van der Waals surface area contributed by atoms with E-state index in [2.05, 4.69) is 6.07 Å². The van der Waals surface area contributed by atoms with Crippen molar-refractivity contribution in [2.75, 3.05) is 7.11 Å². The number of amidine groups is 1. The monoisotopic (exact) mass is 425 g/mol. The number of carboxylic acid groups (broad SMARTS) is 1. The number of nitriles is 1. The molecular formula is C24H31N3O4. The lowest BCUT2D eigenvalue weighted by Gasteiger charge is -2.57. The Hall–Kier alpha value is -2.59. The first-order valence-electron chi connectivity index (χ1n) is 11.0. The average molecular weight is 426 g/mol. The van der Waals surface area contributed by atoms with E-state index in [1.807, 2.05) is 31.2 Å². The molecule has 5 rings (SSSR count). The van der Waals surface area contributed by atoms with Crippen LogP contribution in [-0.2, 0) is 16.1 Å². The Kier molecular flexibility index (Phi) is 5.69. The van der Waals surface area contributed by atoms with Crippen molar-refractivity contribution in [1.29, 1.82) is 5.26 Å². The maximum atomic E-state index is 12.0. The zero-order valence-corrected chi connectivity index (χ0v) is 18.2. The molecule has 7 nitrogen and oxygen atoms in total. The van der Waals surface area contributed by atoms with Gasteiger partial charge in [-0.15, -0.1) is 0 Å². The van der Waals surface area contributed by atoms with Gasteiger partial charge in [0.2, 0.25) is 0 Å². The van der Waals surface area contributed by atoms with Gasteiger partial charge in [-0.05, 0) is 74.5 Å². The molecule has 4 saturated carbocycles. The number of aliphatic imine (C=N–C) groups is 1. The molecule has 3 unspecified atom stereocenters. The molecule has 0 heterocycles. The van der Waals surface area contributed by atoms with E-state index in [0.717, 1.165) is 30.6 Å². The van der Waals surface area contributed by atoms with Crippen LogP contribution in [0.2, 0.25) is 0 Å². The van der Waals surface area contributed by atoms with E-state index < -0.39 is 17.0 Å². The molecular weight excluding hydrogens is 394 g/mol. The Morgan fingerprint density at radius 3 is 2.48 bits per heavy atom. The molecule has 1 aromatic rings. The predicted molar refractivity (Wildman–Crippen MR) is 115 cm³/mol. The molecule has 31 heavy (non-hydrogen) atoms. The molecule has 166 valence electrons. The number of carbonyl (C=O) groups is 1. The van der Waals surface area contributed by atoms with Crippen LogP contribution in [0.15, 0.2) is 29.3 Å². The minimum Gasteiger partial charge on any atom is -0.497 e. The van der Waals surface area contributed by atoms with E-state index in [-0.39, 0.29) is 24.3 Å². The van der Waals surface area contributed by atoms with Crippen LogP contribution in [0.3, 0.4) is 0 Å². The quantitative estimate of drug-likeness (QED) is 0.486. The second-order valence-electron chi connectivity index (χ2n) is 9.76. The van der Waals surface area contributed by atoms with Gasteiger partial charge in [0.25, 0.3) is 0 Å². The van der Waals surface area contributed by atoms with Gasteiger partial charge >= 0.3 is 5.97 Å². The summed E-state index contributed by atoms with van der Waals surface area (Å²) in [5, 5.41) is 19.2. The minimum absolute atomic E-state index is 0.0200. The normalized spacial score (nSPS) is 33.5. The van der Waals surface area contributed by atoms with Crippen molar-refractivity contribution in [3.63, 3.8) is 0 Å². The van der Waals surface area contributed by atoms with Gasteiger partial charge in [-0.25, -0.2) is 0 Å². The van der Waals surface area contributed by atoms with Crippen molar-refractivity contribution in [3.8, 4) is 11.8 Å². The maximum Gasteiger partial charge on any atom is 0.309 e. The largest absolute Gasteiger partial charge is 0.497 e. The van der Waals surface area contributed by atoms with E-state index >= 15 is 0 Å². The summed E-state index contributed by atoms with van der Waals surface area (Å²) in [7, 11) is 1.62. The molecule has 0 spiro atoms. The molecule has 7 heteroatoms. The van der Waals surface area contributed by atoms with Crippen molar-refractivity contribution in [3.05, 3.63) is 29.8 Å². The second-order valence-corrected chi connectivity index (χ2v) is 9.76. The topological polar surface area (TPSA) is 118 Å². The molecule has 0 aliphatic heterocycles. The van der Waals surface area contributed by atoms with E-state index in [0.29, 0.717) is 31.2 Å². The fourth-order valence-corrected chi connectivity index (χ4v) is 6.10. The fourth-order valence-electron chi connectivity index (χ4n) is 6.10. The Morgan fingerprint density at radius 1 is 1.29 bits per heavy atom. The van der Waals surface area contributed by atoms with E-state index in [4.69, 9.17) is 20.2 Å². The van der Waals surface area contributed by atoms with Gasteiger partial charge in [0.15, 0.2) is 0 Å². The fraction of sp³-hybridized carbons (Fsp3) is 0.625. The molecule has 3 atom stereocenters. The molecule has 0 radical (unpaired) electrons. The van der Waals surface area contributed by atoms with Gasteiger partial charge in [0.05, 0.1) is 37.7 Å². The molecule has 4 aliphatic rings. The number of ether oxygens (including phenoxy) is 2. The molecule has 3 N–H and O–H groups in total. The molecule has 0 amide bonds. The summed E-state index contributed by atoms with van der Waals surface area (Å²) in [6.45, 7) is 2.12. The third-order valence-corrected chi connectivity index (χ3v) is 7.64. The van der Waals surface area contributed by atoms with Crippen LogP contribution < -0.4 is 10.5 Å². The zero-order chi connectivity index (χ0) is 22.2. The first-order chi connectivity index (χ1) is 14.8.